The average Bonchev–Trinajstić information content (AvgIpc) is 3.44. The summed E-state index contributed by atoms with van der Waals surface area (Å²) in [6.45, 7) is 0. The van der Waals surface area contributed by atoms with Crippen LogP contribution in [0.25, 0.3) is 0 Å². The molecule has 2 aromatic heterocycles. The number of nitrogens with one attached hydrogen (secondary N) is 2. The fourth-order valence-corrected chi connectivity index (χ4v) is 6.12. The molecule has 0 saturated heterocycles. The Morgan fingerprint density at radius 3 is 2.74 bits per heavy atom. The Kier molecular flexibility index (Phi) is 5.54. The number of anilines is 2. The maximum Gasteiger partial charge on any atom is 0.327 e. The summed E-state index contributed by atoms with van der Waals surface area (Å²) in [5.74, 6) is 1.01. The van der Waals surface area contributed by atoms with Crippen molar-refractivity contribution in [3.63, 3.8) is 0 Å². The number of thioether (sulfide) groups is 1. The van der Waals surface area contributed by atoms with Crippen LogP contribution < -0.4 is 26.0 Å². The number of aromatic nitrogens is 2. The summed E-state index contributed by atoms with van der Waals surface area (Å²) >= 11 is 1.39. The van der Waals surface area contributed by atoms with Gasteiger partial charge in [-0.3, -0.25) is 9.69 Å². The molecule has 1 aliphatic carbocycles. The number of ether oxygens (including phenoxy) is 1. The number of hydrogen-bond donors (Lipinski definition) is 3. The lowest BCUT2D eigenvalue weighted by molar-refractivity contribution is -0.121. The zero-order valence-electron chi connectivity index (χ0n) is 18.8. The number of pyridine rings is 2. The van der Waals surface area contributed by atoms with Gasteiger partial charge in [0, 0.05) is 29.9 Å². The summed E-state index contributed by atoms with van der Waals surface area (Å²) in [6, 6.07) is 14.1. The van der Waals surface area contributed by atoms with E-state index in [0.29, 0.717) is 23.0 Å². The molecule has 4 N–H and O–H groups in total. The highest BCUT2D eigenvalue weighted by atomic mass is 32.2. The number of rotatable bonds is 5. The normalized spacial score (nSPS) is 24.6. The van der Waals surface area contributed by atoms with Crippen LogP contribution in [0.5, 0.6) is 11.6 Å². The number of nitrogens with zero attached hydrogens (tertiary/aromatic N) is 3. The van der Waals surface area contributed by atoms with Crippen molar-refractivity contribution < 1.29 is 14.3 Å². The van der Waals surface area contributed by atoms with Crippen molar-refractivity contribution >= 4 is 35.1 Å². The molecule has 4 atom stereocenters. The first-order chi connectivity index (χ1) is 17.1. The minimum absolute atomic E-state index is 0.0766. The molecule has 2 aliphatic heterocycles. The second-order valence-electron chi connectivity index (χ2n) is 8.90. The zero-order chi connectivity index (χ0) is 23.9. The van der Waals surface area contributed by atoms with Crippen molar-refractivity contribution in [1.29, 1.82) is 0 Å². The minimum atomic E-state index is -0.485. The molecular weight excluding hydrogens is 464 g/mol. The minimum Gasteiger partial charge on any atom is -0.439 e. The van der Waals surface area contributed by atoms with Gasteiger partial charge in [-0.25, -0.2) is 14.8 Å². The highest BCUT2D eigenvalue weighted by Crippen LogP contribution is 2.50. The molecule has 3 amide bonds. The van der Waals surface area contributed by atoms with Gasteiger partial charge in [-0.15, -0.1) is 0 Å². The van der Waals surface area contributed by atoms with Crippen molar-refractivity contribution in [2.24, 2.45) is 5.73 Å². The number of benzene rings is 1. The van der Waals surface area contributed by atoms with Crippen LogP contribution in [-0.2, 0) is 4.79 Å². The molecule has 1 aromatic carbocycles. The van der Waals surface area contributed by atoms with Crippen LogP contribution >= 0.6 is 11.8 Å². The topological polar surface area (TPSA) is 122 Å². The molecule has 1 fully saturated rings. The number of amides is 3. The molecule has 4 unspecified atom stereocenters. The van der Waals surface area contributed by atoms with Gasteiger partial charge in [-0.05, 0) is 43.5 Å². The number of urea groups is 1. The summed E-state index contributed by atoms with van der Waals surface area (Å²) in [6.07, 6.45) is 5.83. The van der Waals surface area contributed by atoms with Gasteiger partial charge in [0.05, 0.1) is 23.6 Å². The predicted octanol–water partition coefficient (Wildman–Crippen LogP) is 3.64. The summed E-state index contributed by atoms with van der Waals surface area (Å²) in [7, 11) is 0. The van der Waals surface area contributed by atoms with E-state index in [1.54, 1.807) is 35.5 Å². The summed E-state index contributed by atoms with van der Waals surface area (Å²) in [4.78, 5) is 36.8. The van der Waals surface area contributed by atoms with Gasteiger partial charge in [-0.1, -0.05) is 30.0 Å². The van der Waals surface area contributed by atoms with Crippen LogP contribution in [0.15, 0.2) is 66.0 Å². The SMILES string of the molecule is NC1CCC(NC(=O)C2Sc3nccc4c3C2NC(=O)N4c2ccc(Oc3ccccc3)nc2)C1. The van der Waals surface area contributed by atoms with E-state index in [1.165, 1.54) is 11.8 Å². The molecule has 10 heteroatoms. The number of nitrogens with two attached hydrogens (primary N) is 1. The molecule has 3 aromatic rings. The number of para-hydroxylation sites is 1. The lowest BCUT2D eigenvalue weighted by atomic mass is 10.00. The number of hydrogen-bond acceptors (Lipinski definition) is 7. The fraction of sp³-hybridized carbons (Fsp3) is 0.280. The van der Waals surface area contributed by atoms with Gasteiger partial charge < -0.3 is 21.1 Å². The Bertz CT molecular complexity index is 1270. The quantitative estimate of drug-likeness (QED) is 0.501. The average molecular weight is 489 g/mol. The standard InChI is InChI=1S/C25H24N6O3S/c26-14-6-7-15(12-14)29-23(32)22-21-20-18(10-11-27-24(20)35-22)31(25(33)30-21)16-8-9-19(28-13-16)34-17-4-2-1-3-5-17/h1-5,8-11,13-15,21-22H,6-7,12,26H2,(H,29,32)(H,30,33). The monoisotopic (exact) mass is 488 g/mol. The molecule has 6 rings (SSSR count). The second-order valence-corrected chi connectivity index (χ2v) is 10.0. The lowest BCUT2D eigenvalue weighted by Gasteiger charge is -2.34. The van der Waals surface area contributed by atoms with Crippen molar-refractivity contribution in [2.75, 3.05) is 4.90 Å². The first kappa shape index (κ1) is 21.9. The van der Waals surface area contributed by atoms with E-state index in [-0.39, 0.29) is 24.0 Å². The van der Waals surface area contributed by atoms with Crippen LogP contribution in [0.2, 0.25) is 0 Å². The summed E-state index contributed by atoms with van der Waals surface area (Å²) < 4.78 is 5.77. The maximum atomic E-state index is 13.3. The third-order valence-corrected chi connectivity index (χ3v) is 7.82. The summed E-state index contributed by atoms with van der Waals surface area (Å²) in [5.41, 5.74) is 8.14. The fourth-order valence-electron chi connectivity index (χ4n) is 4.89. The molecule has 0 radical (unpaired) electrons. The van der Waals surface area contributed by atoms with E-state index in [9.17, 15) is 9.59 Å². The van der Waals surface area contributed by atoms with Crippen molar-refractivity contribution in [3.8, 4) is 11.6 Å². The maximum absolute atomic E-state index is 13.3. The van der Waals surface area contributed by atoms with Crippen LogP contribution in [0.3, 0.4) is 0 Å². The Morgan fingerprint density at radius 1 is 1.14 bits per heavy atom. The van der Waals surface area contributed by atoms with Crippen LogP contribution in [0.4, 0.5) is 16.2 Å². The lowest BCUT2D eigenvalue weighted by Crippen LogP contribution is -2.50. The van der Waals surface area contributed by atoms with E-state index in [1.807, 2.05) is 30.3 Å². The van der Waals surface area contributed by atoms with Crippen molar-refractivity contribution in [2.45, 2.75) is 47.7 Å². The highest BCUT2D eigenvalue weighted by molar-refractivity contribution is 8.01. The van der Waals surface area contributed by atoms with Crippen molar-refractivity contribution in [3.05, 3.63) is 66.5 Å². The van der Waals surface area contributed by atoms with Crippen molar-refractivity contribution in [1.82, 2.24) is 20.6 Å². The number of carbonyl (C=O) groups excluding carboxylic acids is 2. The molecule has 9 nitrogen and oxygen atoms in total. The largest absolute Gasteiger partial charge is 0.439 e. The molecule has 178 valence electrons. The molecule has 0 bridgehead atoms. The predicted molar refractivity (Wildman–Crippen MR) is 132 cm³/mol. The van der Waals surface area contributed by atoms with Crippen LogP contribution in [0.1, 0.15) is 30.9 Å². The van der Waals surface area contributed by atoms with E-state index >= 15 is 0 Å². The second kappa shape index (κ2) is 8.86. The van der Waals surface area contributed by atoms with Gasteiger partial charge in [0.1, 0.15) is 16.0 Å². The van der Waals surface area contributed by atoms with Gasteiger partial charge in [0.25, 0.3) is 0 Å². The van der Waals surface area contributed by atoms with E-state index in [4.69, 9.17) is 10.5 Å². The van der Waals surface area contributed by atoms with Crippen LogP contribution in [0, 0.1) is 0 Å². The Balaban J connectivity index is 1.24. The molecule has 1 saturated carbocycles. The van der Waals surface area contributed by atoms with E-state index in [2.05, 4.69) is 20.6 Å². The molecular formula is C25H24N6O3S. The zero-order valence-corrected chi connectivity index (χ0v) is 19.6. The van der Waals surface area contributed by atoms with E-state index < -0.39 is 11.3 Å². The molecule has 4 heterocycles. The van der Waals surface area contributed by atoms with Gasteiger partial charge >= 0.3 is 6.03 Å². The molecule has 35 heavy (non-hydrogen) atoms. The first-order valence-corrected chi connectivity index (χ1v) is 12.5. The molecule has 3 aliphatic rings. The Morgan fingerprint density at radius 2 is 2.00 bits per heavy atom. The van der Waals surface area contributed by atoms with Gasteiger partial charge in [0.15, 0.2) is 0 Å². The van der Waals surface area contributed by atoms with Crippen LogP contribution in [-0.4, -0.2) is 39.2 Å². The highest BCUT2D eigenvalue weighted by Gasteiger charge is 2.47. The smallest absolute Gasteiger partial charge is 0.327 e. The number of carbonyl (C=O) groups is 2. The summed E-state index contributed by atoms with van der Waals surface area (Å²) in [5, 5.41) is 6.41. The Labute approximate surface area is 206 Å². The molecule has 0 spiro atoms. The third-order valence-electron chi connectivity index (χ3n) is 6.53. The van der Waals surface area contributed by atoms with Gasteiger partial charge in [-0.2, -0.15) is 0 Å². The van der Waals surface area contributed by atoms with Gasteiger partial charge in [0.2, 0.25) is 11.8 Å². The first-order valence-electron chi connectivity index (χ1n) is 11.6. The Hall–Kier alpha value is -3.63. The van der Waals surface area contributed by atoms with E-state index in [0.717, 1.165) is 29.9 Å². The third kappa shape index (κ3) is 4.08.